The Balaban J connectivity index is 2.33. The molecule has 20 heavy (non-hydrogen) atoms. The zero-order chi connectivity index (χ0) is 14.7. The summed E-state index contributed by atoms with van der Waals surface area (Å²) < 4.78 is 14.1. The minimum atomic E-state index is -0.333. The zero-order valence-corrected chi connectivity index (χ0v) is 13.4. The third-order valence-corrected chi connectivity index (χ3v) is 4.12. The van der Waals surface area contributed by atoms with Crippen LogP contribution in [-0.4, -0.2) is 0 Å². The number of hydrogen-bond acceptors (Lipinski definition) is 2. The highest BCUT2D eigenvalue weighted by Gasteiger charge is 2.16. The first kappa shape index (κ1) is 15.7. The van der Waals surface area contributed by atoms with E-state index >= 15 is 0 Å². The second-order valence-electron chi connectivity index (χ2n) is 4.33. The van der Waals surface area contributed by atoms with Crippen LogP contribution in [0.3, 0.4) is 0 Å². The Labute approximate surface area is 135 Å². The second kappa shape index (κ2) is 6.87. The van der Waals surface area contributed by atoms with Crippen molar-refractivity contribution in [1.82, 2.24) is 5.43 Å². The molecule has 6 heteroatoms. The van der Waals surface area contributed by atoms with Crippen LogP contribution in [0.5, 0.6) is 0 Å². The van der Waals surface area contributed by atoms with Gasteiger partial charge in [-0.1, -0.05) is 45.2 Å². The van der Waals surface area contributed by atoms with E-state index in [9.17, 15) is 4.39 Å². The van der Waals surface area contributed by atoms with Crippen LogP contribution >= 0.6 is 39.1 Å². The Morgan fingerprint density at radius 3 is 2.40 bits per heavy atom. The number of benzene rings is 2. The molecular weight excluding hydrogens is 366 g/mol. The molecule has 106 valence electrons. The van der Waals surface area contributed by atoms with E-state index in [1.165, 1.54) is 12.1 Å². The lowest BCUT2D eigenvalue weighted by molar-refractivity contribution is 0.544. The first-order chi connectivity index (χ1) is 9.51. The molecule has 2 nitrogen and oxygen atoms in total. The molecule has 2 aromatic carbocycles. The summed E-state index contributed by atoms with van der Waals surface area (Å²) in [7, 11) is 0. The standard InChI is InChI=1S/C14H12BrCl2FN2/c15-9-4-8(5-10(18)6-9)14(20-19)7-11-12(16)2-1-3-13(11)17/h1-6,14,20H,7,19H2. The monoisotopic (exact) mass is 376 g/mol. The third-order valence-electron chi connectivity index (χ3n) is 2.96. The highest BCUT2D eigenvalue weighted by molar-refractivity contribution is 9.10. The summed E-state index contributed by atoms with van der Waals surface area (Å²) in [6, 6.07) is 9.63. The first-order valence-electron chi connectivity index (χ1n) is 5.86. The van der Waals surface area contributed by atoms with Gasteiger partial charge in [0.1, 0.15) is 5.82 Å². The molecule has 0 aromatic heterocycles. The van der Waals surface area contributed by atoms with E-state index in [1.807, 2.05) is 0 Å². The van der Waals surface area contributed by atoms with Gasteiger partial charge in [0.25, 0.3) is 0 Å². The number of rotatable bonds is 4. The van der Waals surface area contributed by atoms with Gasteiger partial charge >= 0.3 is 0 Å². The molecule has 3 N–H and O–H groups in total. The van der Waals surface area contributed by atoms with Crippen LogP contribution in [0.1, 0.15) is 17.2 Å². The highest BCUT2D eigenvalue weighted by Crippen LogP contribution is 2.30. The van der Waals surface area contributed by atoms with Gasteiger partial charge in [-0.25, -0.2) is 4.39 Å². The van der Waals surface area contributed by atoms with Gasteiger partial charge in [0.2, 0.25) is 0 Å². The van der Waals surface area contributed by atoms with Crippen molar-refractivity contribution in [2.75, 3.05) is 0 Å². The maximum Gasteiger partial charge on any atom is 0.124 e. The maximum atomic E-state index is 13.5. The molecule has 2 rings (SSSR count). The van der Waals surface area contributed by atoms with Crippen LogP contribution in [0.25, 0.3) is 0 Å². The van der Waals surface area contributed by atoms with Crippen molar-refractivity contribution in [3.63, 3.8) is 0 Å². The third kappa shape index (κ3) is 3.71. The molecule has 0 bridgehead atoms. The fraction of sp³-hybridized carbons (Fsp3) is 0.143. The predicted octanol–water partition coefficient (Wildman–Crippen LogP) is 4.64. The molecule has 0 fully saturated rings. The van der Waals surface area contributed by atoms with Crippen molar-refractivity contribution in [1.29, 1.82) is 0 Å². The molecule has 0 radical (unpaired) electrons. The number of nitrogens with two attached hydrogens (primary N) is 1. The van der Waals surface area contributed by atoms with Crippen LogP contribution in [0, 0.1) is 5.82 Å². The van der Waals surface area contributed by atoms with E-state index in [0.29, 0.717) is 20.9 Å². The normalized spacial score (nSPS) is 12.4. The molecule has 0 saturated heterocycles. The quantitative estimate of drug-likeness (QED) is 0.601. The minimum absolute atomic E-state index is 0.292. The van der Waals surface area contributed by atoms with Gasteiger partial charge in [0, 0.05) is 14.5 Å². The van der Waals surface area contributed by atoms with Crippen LogP contribution in [-0.2, 0) is 6.42 Å². The summed E-state index contributed by atoms with van der Waals surface area (Å²) in [4.78, 5) is 0. The van der Waals surface area contributed by atoms with E-state index in [-0.39, 0.29) is 11.9 Å². The minimum Gasteiger partial charge on any atom is -0.271 e. The van der Waals surface area contributed by atoms with E-state index < -0.39 is 0 Å². The van der Waals surface area contributed by atoms with Crippen molar-refractivity contribution in [3.05, 3.63) is 67.9 Å². The molecule has 0 aliphatic rings. The molecule has 0 aliphatic carbocycles. The molecule has 0 spiro atoms. The van der Waals surface area contributed by atoms with E-state index in [4.69, 9.17) is 29.0 Å². The second-order valence-corrected chi connectivity index (χ2v) is 6.06. The molecule has 0 saturated carbocycles. The number of halogens is 4. The summed E-state index contributed by atoms with van der Waals surface area (Å²) in [5.74, 6) is 5.25. The van der Waals surface area contributed by atoms with Crippen LogP contribution in [0.2, 0.25) is 10.0 Å². The number of nitrogens with one attached hydrogen (secondary N) is 1. The summed E-state index contributed by atoms with van der Waals surface area (Å²) in [6.45, 7) is 0. The lowest BCUT2D eigenvalue weighted by Crippen LogP contribution is -2.29. The predicted molar refractivity (Wildman–Crippen MR) is 84.3 cm³/mol. The van der Waals surface area contributed by atoms with E-state index in [2.05, 4.69) is 21.4 Å². The number of hydrazine groups is 1. The van der Waals surface area contributed by atoms with Gasteiger partial charge < -0.3 is 0 Å². The van der Waals surface area contributed by atoms with Gasteiger partial charge in [-0.2, -0.15) is 0 Å². The van der Waals surface area contributed by atoms with Gasteiger partial charge in [0.15, 0.2) is 0 Å². The maximum absolute atomic E-state index is 13.5. The smallest absolute Gasteiger partial charge is 0.124 e. The van der Waals surface area contributed by atoms with Crippen molar-refractivity contribution < 1.29 is 4.39 Å². The van der Waals surface area contributed by atoms with Crippen LogP contribution in [0.15, 0.2) is 40.9 Å². The average molecular weight is 378 g/mol. The summed E-state index contributed by atoms with van der Waals surface area (Å²) in [5.41, 5.74) is 4.17. The Hall–Kier alpha value is -0.650. The van der Waals surface area contributed by atoms with Gasteiger partial charge in [0.05, 0.1) is 6.04 Å². The molecule has 1 atom stereocenters. The zero-order valence-electron chi connectivity index (χ0n) is 10.3. The van der Waals surface area contributed by atoms with Gasteiger partial charge in [-0.3, -0.25) is 11.3 Å². The molecular formula is C14H12BrCl2FN2. The Bertz CT molecular complexity index is 582. The molecule has 1 unspecified atom stereocenters. The fourth-order valence-electron chi connectivity index (χ4n) is 1.98. The average Bonchev–Trinajstić information content (AvgIpc) is 2.37. The lowest BCUT2D eigenvalue weighted by Gasteiger charge is -2.18. The summed E-state index contributed by atoms with van der Waals surface area (Å²) >= 11 is 15.6. The van der Waals surface area contributed by atoms with Gasteiger partial charge in [-0.15, -0.1) is 0 Å². The summed E-state index contributed by atoms with van der Waals surface area (Å²) in [6.07, 6.45) is 0.463. The van der Waals surface area contributed by atoms with Gasteiger partial charge in [-0.05, 0) is 47.9 Å². The Morgan fingerprint density at radius 1 is 1.20 bits per heavy atom. The summed E-state index contributed by atoms with van der Waals surface area (Å²) in [5, 5.41) is 1.13. The van der Waals surface area contributed by atoms with E-state index in [1.54, 1.807) is 24.3 Å². The first-order valence-corrected chi connectivity index (χ1v) is 7.41. The van der Waals surface area contributed by atoms with Crippen molar-refractivity contribution in [2.45, 2.75) is 12.5 Å². The van der Waals surface area contributed by atoms with Crippen molar-refractivity contribution in [2.24, 2.45) is 5.84 Å². The number of hydrogen-bond donors (Lipinski definition) is 2. The Morgan fingerprint density at radius 2 is 1.85 bits per heavy atom. The van der Waals surface area contributed by atoms with Crippen molar-refractivity contribution in [3.8, 4) is 0 Å². The lowest BCUT2D eigenvalue weighted by atomic mass is 9.99. The molecule has 0 heterocycles. The van der Waals surface area contributed by atoms with Crippen LogP contribution < -0.4 is 11.3 Å². The fourth-order valence-corrected chi connectivity index (χ4v) is 3.02. The molecule has 2 aromatic rings. The molecule has 0 amide bonds. The SMILES string of the molecule is NNC(Cc1c(Cl)cccc1Cl)c1cc(F)cc(Br)c1. The highest BCUT2D eigenvalue weighted by atomic mass is 79.9. The Kier molecular flexibility index (Phi) is 5.41. The largest absolute Gasteiger partial charge is 0.271 e. The topological polar surface area (TPSA) is 38.0 Å². The molecule has 0 aliphatic heterocycles. The van der Waals surface area contributed by atoms with Crippen molar-refractivity contribution >= 4 is 39.1 Å². The van der Waals surface area contributed by atoms with Crippen LogP contribution in [0.4, 0.5) is 4.39 Å². The van der Waals surface area contributed by atoms with E-state index in [0.717, 1.165) is 11.1 Å².